The van der Waals surface area contributed by atoms with Crippen LogP contribution in [0.2, 0.25) is 5.15 Å². The van der Waals surface area contributed by atoms with Gasteiger partial charge in [0.2, 0.25) is 0 Å². The quantitative estimate of drug-likeness (QED) is 0.421. The first kappa shape index (κ1) is 19.2. The zero-order valence-corrected chi connectivity index (χ0v) is 14.9. The van der Waals surface area contributed by atoms with Crippen LogP contribution in [0.3, 0.4) is 0 Å². The number of aromatic nitrogens is 1. The molecule has 0 radical (unpaired) electrons. The van der Waals surface area contributed by atoms with Crippen LogP contribution in [-0.2, 0) is 4.74 Å². The summed E-state index contributed by atoms with van der Waals surface area (Å²) in [4.78, 5) is 26.0. The Balaban J connectivity index is 2.01. The number of nitrogens with one attached hydrogen (secondary N) is 2. The number of nitrogens with zero attached hydrogens (tertiary/aromatic N) is 2. The van der Waals surface area contributed by atoms with Crippen LogP contribution in [0.1, 0.15) is 33.6 Å². The number of anilines is 1. The minimum atomic E-state index is -0.790. The van der Waals surface area contributed by atoms with Crippen molar-refractivity contribution in [3.63, 3.8) is 0 Å². The summed E-state index contributed by atoms with van der Waals surface area (Å²) in [6, 6.07) is 0.580. The highest BCUT2D eigenvalue weighted by atomic mass is 35.5. The zero-order chi connectivity index (χ0) is 18.8. The van der Waals surface area contributed by atoms with Crippen LogP contribution in [0, 0.1) is 10.1 Å². The van der Waals surface area contributed by atoms with Crippen molar-refractivity contribution in [3.05, 3.63) is 27.5 Å². The number of ether oxygens (including phenoxy) is 1. The van der Waals surface area contributed by atoms with Crippen molar-refractivity contribution in [3.8, 4) is 0 Å². The summed E-state index contributed by atoms with van der Waals surface area (Å²) in [5, 5.41) is 27.0. The van der Waals surface area contributed by atoms with Gasteiger partial charge >= 0.3 is 11.8 Å². The molecule has 3 N–H and O–H groups in total. The predicted octanol–water partition coefficient (Wildman–Crippen LogP) is 2.47. The Bertz CT molecular complexity index is 664. The lowest BCUT2D eigenvalue weighted by atomic mass is 10.2. The number of carbonyl (C=O) groups excluding carboxylic acids is 1. The minimum Gasteiger partial charge on any atom is -0.444 e. The van der Waals surface area contributed by atoms with E-state index in [1.54, 1.807) is 20.8 Å². The SMILES string of the molecule is CC(C)(C)OC(=O)N[C@H]1C[C@H](Nc2cc(Cl)ncc2[N+](=O)[O-])C[C@@H]1O. The minimum absolute atomic E-state index is 0.120. The third kappa shape index (κ3) is 5.43. The smallest absolute Gasteiger partial charge is 0.407 e. The summed E-state index contributed by atoms with van der Waals surface area (Å²) in [7, 11) is 0. The molecule has 1 saturated carbocycles. The Morgan fingerprint density at radius 2 is 2.16 bits per heavy atom. The molecule has 2 rings (SSSR count). The molecular formula is C15H21ClN4O5. The van der Waals surface area contributed by atoms with Gasteiger partial charge in [-0.1, -0.05) is 11.6 Å². The van der Waals surface area contributed by atoms with Crippen LogP contribution in [0.25, 0.3) is 0 Å². The van der Waals surface area contributed by atoms with Gasteiger partial charge in [-0.2, -0.15) is 0 Å². The zero-order valence-electron chi connectivity index (χ0n) is 14.2. The molecule has 1 amide bonds. The van der Waals surface area contributed by atoms with E-state index in [0.717, 1.165) is 6.20 Å². The average Bonchev–Trinajstić information content (AvgIpc) is 2.76. The number of aliphatic hydroxyl groups excluding tert-OH is 1. The molecule has 1 aromatic rings. The number of nitro groups is 1. The summed E-state index contributed by atoms with van der Waals surface area (Å²) in [5.74, 6) is 0. The van der Waals surface area contributed by atoms with Crippen molar-refractivity contribution >= 4 is 29.1 Å². The van der Waals surface area contributed by atoms with Gasteiger partial charge in [0, 0.05) is 12.1 Å². The number of hydrogen-bond donors (Lipinski definition) is 3. The summed E-state index contributed by atoms with van der Waals surface area (Å²) in [6.45, 7) is 5.23. The first-order chi connectivity index (χ1) is 11.5. The second kappa shape index (κ2) is 7.40. The van der Waals surface area contributed by atoms with Gasteiger partial charge in [-0.25, -0.2) is 9.78 Å². The fourth-order valence-corrected chi connectivity index (χ4v) is 2.81. The van der Waals surface area contributed by atoms with Crippen molar-refractivity contribution < 1.29 is 19.6 Å². The van der Waals surface area contributed by atoms with Gasteiger partial charge in [-0.15, -0.1) is 0 Å². The number of pyridine rings is 1. The monoisotopic (exact) mass is 372 g/mol. The molecule has 0 unspecified atom stereocenters. The van der Waals surface area contributed by atoms with Crippen LogP contribution in [-0.4, -0.2) is 44.9 Å². The van der Waals surface area contributed by atoms with E-state index in [9.17, 15) is 20.0 Å². The first-order valence-electron chi connectivity index (χ1n) is 7.79. The van der Waals surface area contributed by atoms with Gasteiger partial charge in [0.1, 0.15) is 22.6 Å². The fraction of sp³-hybridized carbons (Fsp3) is 0.600. The van der Waals surface area contributed by atoms with E-state index in [0.29, 0.717) is 12.8 Å². The topological polar surface area (TPSA) is 127 Å². The standard InChI is InChI=1S/C15H21ClN4O5/c1-15(2,3)25-14(22)19-10-4-8(5-12(10)21)18-9-6-13(16)17-7-11(9)20(23)24/h6-8,10,12,21H,4-5H2,1-3H3,(H,17,18)(H,19,22)/t8-,10-,12-/m0/s1. The molecule has 1 fully saturated rings. The molecule has 25 heavy (non-hydrogen) atoms. The highest BCUT2D eigenvalue weighted by molar-refractivity contribution is 6.29. The van der Waals surface area contributed by atoms with Gasteiger partial charge in [0.05, 0.1) is 17.1 Å². The molecule has 1 heterocycles. The van der Waals surface area contributed by atoms with Crippen molar-refractivity contribution in [1.82, 2.24) is 10.3 Å². The lowest BCUT2D eigenvalue weighted by Gasteiger charge is -2.23. The van der Waals surface area contributed by atoms with E-state index in [4.69, 9.17) is 16.3 Å². The van der Waals surface area contributed by atoms with Crippen molar-refractivity contribution in [2.24, 2.45) is 0 Å². The Morgan fingerprint density at radius 1 is 1.48 bits per heavy atom. The summed E-state index contributed by atoms with van der Waals surface area (Å²) < 4.78 is 5.17. The Kier molecular flexibility index (Phi) is 5.69. The Hall–Kier alpha value is -2.13. The van der Waals surface area contributed by atoms with Gasteiger partial charge in [0.15, 0.2) is 0 Å². The number of halogens is 1. The molecule has 0 aliphatic heterocycles. The predicted molar refractivity (Wildman–Crippen MR) is 91.7 cm³/mol. The van der Waals surface area contributed by atoms with Gasteiger partial charge in [-0.05, 0) is 33.6 Å². The number of hydrogen-bond acceptors (Lipinski definition) is 7. The van der Waals surface area contributed by atoms with Crippen LogP contribution >= 0.6 is 11.6 Å². The largest absolute Gasteiger partial charge is 0.444 e. The van der Waals surface area contributed by atoms with Crippen LogP contribution < -0.4 is 10.6 Å². The molecule has 1 aliphatic rings. The number of carbonyl (C=O) groups is 1. The van der Waals surface area contributed by atoms with E-state index in [1.807, 2.05) is 0 Å². The van der Waals surface area contributed by atoms with Gasteiger partial charge in [-0.3, -0.25) is 10.1 Å². The molecule has 1 aliphatic carbocycles. The molecule has 10 heteroatoms. The second-order valence-corrected chi connectivity index (χ2v) is 7.30. The fourth-order valence-electron chi connectivity index (χ4n) is 2.65. The van der Waals surface area contributed by atoms with E-state index in [-0.39, 0.29) is 22.6 Å². The van der Waals surface area contributed by atoms with Gasteiger partial charge in [0.25, 0.3) is 0 Å². The van der Waals surface area contributed by atoms with Crippen molar-refractivity contribution in [2.45, 2.75) is 57.4 Å². The van der Waals surface area contributed by atoms with Crippen molar-refractivity contribution in [1.29, 1.82) is 0 Å². The van der Waals surface area contributed by atoms with Crippen molar-refractivity contribution in [2.75, 3.05) is 5.32 Å². The second-order valence-electron chi connectivity index (χ2n) is 6.91. The molecular weight excluding hydrogens is 352 g/mol. The lowest BCUT2D eigenvalue weighted by molar-refractivity contribution is -0.384. The Labute approximate surface area is 149 Å². The third-order valence-corrected chi connectivity index (χ3v) is 3.84. The maximum absolute atomic E-state index is 11.8. The first-order valence-corrected chi connectivity index (χ1v) is 8.17. The highest BCUT2D eigenvalue weighted by Crippen LogP contribution is 2.30. The number of amides is 1. The maximum atomic E-state index is 11.8. The maximum Gasteiger partial charge on any atom is 0.407 e. The summed E-state index contributed by atoms with van der Waals surface area (Å²) in [5.41, 5.74) is -0.623. The Morgan fingerprint density at radius 3 is 2.76 bits per heavy atom. The molecule has 0 aromatic carbocycles. The van der Waals surface area contributed by atoms with E-state index in [2.05, 4.69) is 15.6 Å². The molecule has 1 aromatic heterocycles. The summed E-state index contributed by atoms with van der Waals surface area (Å²) in [6.07, 6.45) is 0.373. The normalized spacial score (nSPS) is 23.2. The van der Waals surface area contributed by atoms with Crippen LogP contribution in [0.5, 0.6) is 0 Å². The third-order valence-electron chi connectivity index (χ3n) is 3.64. The number of aliphatic hydroxyl groups is 1. The molecule has 9 nitrogen and oxygen atoms in total. The van der Waals surface area contributed by atoms with Crippen LogP contribution in [0.4, 0.5) is 16.2 Å². The average molecular weight is 373 g/mol. The molecule has 138 valence electrons. The van der Waals surface area contributed by atoms with Crippen LogP contribution in [0.15, 0.2) is 12.3 Å². The highest BCUT2D eigenvalue weighted by Gasteiger charge is 2.35. The van der Waals surface area contributed by atoms with Gasteiger partial charge < -0.3 is 20.5 Å². The molecule has 0 bridgehead atoms. The summed E-state index contributed by atoms with van der Waals surface area (Å²) >= 11 is 5.80. The lowest BCUT2D eigenvalue weighted by Crippen LogP contribution is -2.42. The molecule has 0 saturated heterocycles. The molecule has 0 spiro atoms. The number of rotatable bonds is 4. The number of alkyl carbamates (subject to hydrolysis) is 1. The molecule has 3 atom stereocenters. The van der Waals surface area contributed by atoms with E-state index in [1.165, 1.54) is 6.07 Å². The van der Waals surface area contributed by atoms with E-state index >= 15 is 0 Å². The van der Waals surface area contributed by atoms with E-state index < -0.39 is 28.8 Å².